The minimum Gasteiger partial charge on any atom is -0.492 e. The van der Waals surface area contributed by atoms with Crippen molar-refractivity contribution in [1.82, 2.24) is 4.98 Å². The van der Waals surface area contributed by atoms with Gasteiger partial charge < -0.3 is 15.2 Å². The monoisotopic (exact) mass is 313 g/mol. The molecule has 1 aromatic carbocycles. The molecule has 1 unspecified atom stereocenters. The van der Waals surface area contributed by atoms with Crippen LogP contribution in [0.25, 0.3) is 0 Å². The van der Waals surface area contributed by atoms with Gasteiger partial charge in [0.1, 0.15) is 18.2 Å². The molecular formula is C17H19N3O3. The van der Waals surface area contributed by atoms with E-state index in [0.29, 0.717) is 30.5 Å². The van der Waals surface area contributed by atoms with Gasteiger partial charge in [-0.2, -0.15) is 0 Å². The van der Waals surface area contributed by atoms with Gasteiger partial charge in [-0.1, -0.05) is 12.1 Å². The third-order valence-corrected chi connectivity index (χ3v) is 3.61. The first-order valence-corrected chi connectivity index (χ1v) is 7.48. The molecule has 0 saturated heterocycles. The van der Waals surface area contributed by atoms with Crippen LogP contribution in [-0.2, 0) is 4.79 Å². The quantitative estimate of drug-likeness (QED) is 0.936. The molecule has 3 rings (SSSR count). The number of nitrogens with zero attached hydrogens (tertiary/aromatic N) is 2. The van der Waals surface area contributed by atoms with E-state index < -0.39 is 6.10 Å². The molecule has 6 nitrogen and oxygen atoms in total. The number of pyridine rings is 1. The maximum Gasteiger partial charge on any atom is 0.269 e. The summed E-state index contributed by atoms with van der Waals surface area (Å²) in [5.74, 6) is 1.98. The smallest absolute Gasteiger partial charge is 0.269 e. The largest absolute Gasteiger partial charge is 0.492 e. The third kappa shape index (κ3) is 3.21. The molecule has 0 spiro atoms. The Kier molecular flexibility index (Phi) is 4.06. The number of carbonyl (C=O) groups is 1. The number of nitrogen functional groups attached to an aromatic ring is 1. The topological polar surface area (TPSA) is 77.7 Å². The molecule has 2 aromatic rings. The van der Waals surface area contributed by atoms with E-state index in [0.717, 1.165) is 11.3 Å². The lowest BCUT2D eigenvalue weighted by Gasteiger charge is -2.31. The highest BCUT2D eigenvalue weighted by atomic mass is 16.5. The number of rotatable bonds is 4. The Bertz CT molecular complexity index is 733. The zero-order chi connectivity index (χ0) is 16.4. The van der Waals surface area contributed by atoms with Crippen LogP contribution >= 0.6 is 0 Å². The lowest BCUT2D eigenvalue weighted by atomic mass is 10.2. The highest BCUT2D eigenvalue weighted by Crippen LogP contribution is 2.32. The average molecular weight is 313 g/mol. The maximum atomic E-state index is 12.4. The van der Waals surface area contributed by atoms with Gasteiger partial charge >= 0.3 is 0 Å². The predicted molar refractivity (Wildman–Crippen MR) is 87.8 cm³/mol. The van der Waals surface area contributed by atoms with E-state index in [2.05, 4.69) is 4.98 Å². The number of nitrogens with two attached hydrogens (primary N) is 1. The van der Waals surface area contributed by atoms with Crippen molar-refractivity contribution in [3.8, 4) is 11.5 Å². The van der Waals surface area contributed by atoms with Crippen LogP contribution in [0.4, 0.5) is 11.6 Å². The molecule has 2 N–H and O–H groups in total. The summed E-state index contributed by atoms with van der Waals surface area (Å²) in [6.07, 6.45) is -0.549. The van der Waals surface area contributed by atoms with Crippen molar-refractivity contribution in [3.05, 3.63) is 42.0 Å². The molecule has 0 fully saturated rings. The van der Waals surface area contributed by atoms with E-state index in [1.54, 1.807) is 24.0 Å². The Morgan fingerprint density at radius 3 is 2.96 bits per heavy atom. The number of amides is 1. The molecule has 2 heterocycles. The van der Waals surface area contributed by atoms with Gasteiger partial charge in [-0.05, 0) is 43.7 Å². The molecule has 0 bridgehead atoms. The average Bonchev–Trinajstić information content (AvgIpc) is 2.52. The SMILES string of the molecule is Cc1cccc(OCCN2C(=O)C(C)Oc3ccc(N)nc32)c1. The molecule has 0 radical (unpaired) electrons. The highest BCUT2D eigenvalue weighted by molar-refractivity contribution is 5.98. The van der Waals surface area contributed by atoms with Crippen molar-refractivity contribution < 1.29 is 14.3 Å². The molecular weight excluding hydrogens is 294 g/mol. The number of benzene rings is 1. The number of hydrogen-bond donors (Lipinski definition) is 1. The van der Waals surface area contributed by atoms with E-state index in [4.69, 9.17) is 15.2 Å². The molecule has 6 heteroatoms. The molecule has 0 aliphatic carbocycles. The minimum absolute atomic E-state index is 0.150. The van der Waals surface area contributed by atoms with Gasteiger partial charge in [-0.15, -0.1) is 0 Å². The fourth-order valence-corrected chi connectivity index (χ4v) is 2.48. The predicted octanol–water partition coefficient (Wildman–Crippen LogP) is 2.17. The van der Waals surface area contributed by atoms with Crippen molar-refractivity contribution in [2.75, 3.05) is 23.8 Å². The Labute approximate surface area is 134 Å². The Balaban J connectivity index is 1.74. The van der Waals surface area contributed by atoms with Gasteiger partial charge in [0, 0.05) is 0 Å². The second-order valence-electron chi connectivity index (χ2n) is 5.47. The molecule has 1 aliphatic rings. The zero-order valence-electron chi connectivity index (χ0n) is 13.2. The molecule has 1 aliphatic heterocycles. The van der Waals surface area contributed by atoms with Crippen LogP contribution in [0.5, 0.6) is 11.5 Å². The summed E-state index contributed by atoms with van der Waals surface area (Å²) in [7, 11) is 0. The summed E-state index contributed by atoms with van der Waals surface area (Å²) in [5, 5.41) is 0. The van der Waals surface area contributed by atoms with Crippen molar-refractivity contribution in [1.29, 1.82) is 0 Å². The van der Waals surface area contributed by atoms with Crippen LogP contribution in [-0.4, -0.2) is 30.1 Å². The second kappa shape index (κ2) is 6.16. The number of carbonyl (C=O) groups excluding carboxylic acids is 1. The standard InChI is InChI=1S/C17H19N3O3/c1-11-4-3-5-13(10-11)22-9-8-20-16-14(6-7-15(18)19-16)23-12(2)17(20)21/h3-7,10,12H,8-9H2,1-2H3,(H2,18,19). The van der Waals surface area contributed by atoms with Crippen molar-refractivity contribution in [2.45, 2.75) is 20.0 Å². The first-order valence-electron chi connectivity index (χ1n) is 7.48. The van der Waals surface area contributed by atoms with E-state index in [-0.39, 0.29) is 5.91 Å². The number of aromatic nitrogens is 1. The van der Waals surface area contributed by atoms with Crippen LogP contribution < -0.4 is 20.1 Å². The Morgan fingerprint density at radius 2 is 2.17 bits per heavy atom. The van der Waals surface area contributed by atoms with Gasteiger partial charge in [-0.25, -0.2) is 4.98 Å². The fraction of sp³-hybridized carbons (Fsp3) is 0.294. The number of hydrogen-bond acceptors (Lipinski definition) is 5. The van der Waals surface area contributed by atoms with Gasteiger partial charge in [0.05, 0.1) is 6.54 Å². The summed E-state index contributed by atoms with van der Waals surface area (Å²) >= 11 is 0. The van der Waals surface area contributed by atoms with Crippen LogP contribution in [0.2, 0.25) is 0 Å². The zero-order valence-corrected chi connectivity index (χ0v) is 13.2. The normalized spacial score (nSPS) is 16.7. The molecule has 1 atom stereocenters. The highest BCUT2D eigenvalue weighted by Gasteiger charge is 2.32. The Morgan fingerprint density at radius 1 is 1.35 bits per heavy atom. The summed E-state index contributed by atoms with van der Waals surface area (Å²) in [4.78, 5) is 18.1. The van der Waals surface area contributed by atoms with E-state index >= 15 is 0 Å². The van der Waals surface area contributed by atoms with Crippen molar-refractivity contribution in [3.63, 3.8) is 0 Å². The number of aryl methyl sites for hydroxylation is 1. The number of anilines is 2. The molecule has 1 aromatic heterocycles. The molecule has 120 valence electrons. The van der Waals surface area contributed by atoms with E-state index in [1.165, 1.54) is 0 Å². The van der Waals surface area contributed by atoms with Gasteiger partial charge in [0.15, 0.2) is 17.7 Å². The number of ether oxygens (including phenoxy) is 2. The Hall–Kier alpha value is -2.76. The van der Waals surface area contributed by atoms with Crippen molar-refractivity contribution in [2.24, 2.45) is 0 Å². The second-order valence-corrected chi connectivity index (χ2v) is 5.47. The number of fused-ring (bicyclic) bond motifs is 1. The van der Waals surface area contributed by atoms with Crippen molar-refractivity contribution >= 4 is 17.5 Å². The van der Waals surface area contributed by atoms with Crippen LogP contribution in [0, 0.1) is 6.92 Å². The summed E-state index contributed by atoms with van der Waals surface area (Å²) in [6.45, 7) is 4.46. The van der Waals surface area contributed by atoms with Crippen LogP contribution in [0.3, 0.4) is 0 Å². The summed E-state index contributed by atoms with van der Waals surface area (Å²) in [5.41, 5.74) is 6.85. The summed E-state index contributed by atoms with van der Waals surface area (Å²) < 4.78 is 11.3. The lowest BCUT2D eigenvalue weighted by Crippen LogP contribution is -2.46. The van der Waals surface area contributed by atoms with E-state index in [9.17, 15) is 4.79 Å². The first kappa shape index (κ1) is 15.1. The van der Waals surface area contributed by atoms with Gasteiger partial charge in [0.25, 0.3) is 5.91 Å². The molecule has 1 amide bonds. The van der Waals surface area contributed by atoms with Crippen LogP contribution in [0.15, 0.2) is 36.4 Å². The molecule has 0 saturated carbocycles. The first-order chi connectivity index (χ1) is 11.0. The maximum absolute atomic E-state index is 12.4. The van der Waals surface area contributed by atoms with Gasteiger partial charge in [-0.3, -0.25) is 9.69 Å². The fourth-order valence-electron chi connectivity index (χ4n) is 2.48. The lowest BCUT2D eigenvalue weighted by molar-refractivity contribution is -0.125. The van der Waals surface area contributed by atoms with Gasteiger partial charge in [0.2, 0.25) is 0 Å². The summed E-state index contributed by atoms with van der Waals surface area (Å²) in [6, 6.07) is 11.2. The third-order valence-electron chi connectivity index (χ3n) is 3.61. The minimum atomic E-state index is -0.549. The van der Waals surface area contributed by atoms with E-state index in [1.807, 2.05) is 31.2 Å². The van der Waals surface area contributed by atoms with Crippen LogP contribution in [0.1, 0.15) is 12.5 Å². The molecule has 23 heavy (non-hydrogen) atoms.